The monoisotopic (exact) mass is 279 g/mol. The Balaban J connectivity index is 1.87. The number of nitro groups is 1. The molecule has 3 fully saturated rings. The Hall–Kier alpha value is -1.39. The molecule has 0 N–H and O–H groups in total. The number of nitrogens with zero attached hydrogens (tertiary/aromatic N) is 1. The maximum atomic E-state index is 11.9. The molecule has 0 unspecified atom stereocenters. The van der Waals surface area contributed by atoms with Crippen LogP contribution in [0.2, 0.25) is 0 Å². The smallest absolute Gasteiger partial charge is 0.306 e. The minimum Gasteiger partial charge on any atom is -0.466 e. The van der Waals surface area contributed by atoms with E-state index in [1.54, 1.807) is 6.92 Å². The second-order valence-corrected chi connectivity index (χ2v) is 6.53. The van der Waals surface area contributed by atoms with Crippen molar-refractivity contribution in [3.05, 3.63) is 22.3 Å². The first kappa shape index (κ1) is 13.6. The molecular formula is C15H21NO4. The number of carbonyl (C=O) groups excluding carboxylic acids is 1. The molecule has 0 radical (unpaired) electrons. The number of carbonyl (C=O) groups is 1. The van der Waals surface area contributed by atoms with Crippen LogP contribution in [0.5, 0.6) is 0 Å². The number of hydrogen-bond acceptors (Lipinski definition) is 4. The molecule has 110 valence electrons. The summed E-state index contributed by atoms with van der Waals surface area (Å²) < 4.78 is 5.05. The summed E-state index contributed by atoms with van der Waals surface area (Å²) in [6.45, 7) is 6.20. The van der Waals surface area contributed by atoms with Gasteiger partial charge in [0.2, 0.25) is 6.54 Å². The van der Waals surface area contributed by atoms with E-state index in [4.69, 9.17) is 4.74 Å². The SMILES string of the molecule is C=C1[C@H]2CC[C@H]3[C@@H]1[C@@H](C2)[C@]3(CC(=O)OCC)C[N+](=O)[O-]. The first-order chi connectivity index (χ1) is 9.49. The lowest BCUT2D eigenvalue weighted by Crippen LogP contribution is -2.59. The maximum absolute atomic E-state index is 11.9. The third-order valence-corrected chi connectivity index (χ3v) is 5.86. The van der Waals surface area contributed by atoms with Crippen LogP contribution in [0.4, 0.5) is 0 Å². The van der Waals surface area contributed by atoms with E-state index < -0.39 is 5.41 Å². The number of rotatable bonds is 5. The van der Waals surface area contributed by atoms with Crippen LogP contribution in [-0.2, 0) is 9.53 Å². The highest BCUT2D eigenvalue weighted by molar-refractivity contribution is 5.71. The molecule has 3 aliphatic rings. The van der Waals surface area contributed by atoms with Crippen LogP contribution >= 0.6 is 0 Å². The van der Waals surface area contributed by atoms with Crippen molar-refractivity contribution in [1.82, 2.24) is 0 Å². The molecule has 5 atom stereocenters. The van der Waals surface area contributed by atoms with Gasteiger partial charge in [0.1, 0.15) is 0 Å². The number of fused-ring (bicyclic) bond motifs is 1. The van der Waals surface area contributed by atoms with E-state index in [2.05, 4.69) is 6.58 Å². The summed E-state index contributed by atoms with van der Waals surface area (Å²) in [6.07, 6.45) is 3.26. The predicted molar refractivity (Wildman–Crippen MR) is 72.5 cm³/mol. The van der Waals surface area contributed by atoms with Gasteiger partial charge in [-0.25, -0.2) is 0 Å². The molecule has 0 saturated heterocycles. The van der Waals surface area contributed by atoms with Crippen molar-refractivity contribution in [3.63, 3.8) is 0 Å². The van der Waals surface area contributed by atoms with E-state index in [0.717, 1.165) is 19.3 Å². The number of esters is 1. The second kappa shape index (κ2) is 4.57. The molecule has 0 heterocycles. The first-order valence-electron chi connectivity index (χ1n) is 7.45. The standard InChI is InChI=1S/C15H21NO4/c1-3-20-13(17)7-15(8-16(18)19)11-5-4-10-6-12(15)14(11)9(10)2/h10-12,14H,2-8H2,1H3/t10-,11-,12+,14+,15+/m0/s1. The zero-order valence-corrected chi connectivity index (χ0v) is 11.8. The summed E-state index contributed by atoms with van der Waals surface area (Å²) >= 11 is 0. The average Bonchev–Trinajstić information content (AvgIpc) is 2.54. The molecule has 3 aliphatic carbocycles. The van der Waals surface area contributed by atoms with Crippen LogP contribution in [0.25, 0.3) is 0 Å². The van der Waals surface area contributed by atoms with Crippen molar-refractivity contribution in [2.45, 2.75) is 32.6 Å². The molecule has 0 aromatic heterocycles. The fourth-order valence-corrected chi connectivity index (χ4v) is 5.20. The van der Waals surface area contributed by atoms with E-state index >= 15 is 0 Å². The molecule has 5 nitrogen and oxygen atoms in total. The zero-order chi connectivity index (χ0) is 14.5. The lowest BCUT2D eigenvalue weighted by atomic mass is 9.44. The number of allylic oxidation sites excluding steroid dienone is 1. The quantitative estimate of drug-likeness (QED) is 0.335. The Morgan fingerprint density at radius 1 is 1.50 bits per heavy atom. The summed E-state index contributed by atoms with van der Waals surface area (Å²) in [5.74, 6) is 1.19. The topological polar surface area (TPSA) is 69.4 Å². The molecule has 3 saturated carbocycles. The summed E-state index contributed by atoms with van der Waals surface area (Å²) in [6, 6.07) is 0. The van der Waals surface area contributed by atoms with Crippen molar-refractivity contribution >= 4 is 5.97 Å². The summed E-state index contributed by atoms with van der Waals surface area (Å²) in [4.78, 5) is 22.8. The van der Waals surface area contributed by atoms with Crippen LogP contribution in [0.1, 0.15) is 32.6 Å². The molecule has 20 heavy (non-hydrogen) atoms. The zero-order valence-electron chi connectivity index (χ0n) is 11.8. The number of hydrogen-bond donors (Lipinski definition) is 0. The molecule has 0 amide bonds. The summed E-state index contributed by atoms with van der Waals surface area (Å²) in [5.41, 5.74) is 0.809. The van der Waals surface area contributed by atoms with E-state index in [1.165, 1.54) is 5.57 Å². The highest BCUT2D eigenvalue weighted by Crippen LogP contribution is 2.72. The molecule has 0 aliphatic heterocycles. The Labute approximate surface area is 118 Å². The maximum Gasteiger partial charge on any atom is 0.306 e. The fourth-order valence-electron chi connectivity index (χ4n) is 5.20. The third kappa shape index (κ3) is 1.71. The van der Waals surface area contributed by atoms with Crippen LogP contribution in [0, 0.1) is 39.2 Å². The first-order valence-corrected chi connectivity index (χ1v) is 7.45. The lowest BCUT2D eigenvalue weighted by Gasteiger charge is -2.57. The van der Waals surface area contributed by atoms with Gasteiger partial charge in [0.25, 0.3) is 0 Å². The van der Waals surface area contributed by atoms with Crippen molar-refractivity contribution < 1.29 is 14.5 Å². The highest BCUT2D eigenvalue weighted by atomic mass is 16.6. The van der Waals surface area contributed by atoms with Gasteiger partial charge in [-0.05, 0) is 49.9 Å². The predicted octanol–water partition coefficient (Wildman–Crippen LogP) is 2.43. The molecule has 0 aromatic rings. The molecule has 5 heteroatoms. The van der Waals surface area contributed by atoms with Gasteiger partial charge in [0, 0.05) is 4.92 Å². The van der Waals surface area contributed by atoms with Gasteiger partial charge in [0.15, 0.2) is 0 Å². The molecule has 0 spiro atoms. The number of ether oxygens (including phenoxy) is 1. The normalized spacial score (nSPS) is 41.1. The van der Waals surface area contributed by atoms with Crippen molar-refractivity contribution in [2.75, 3.05) is 13.2 Å². The van der Waals surface area contributed by atoms with E-state index in [0.29, 0.717) is 18.4 Å². The Kier molecular flexibility index (Phi) is 3.10. The van der Waals surface area contributed by atoms with Gasteiger partial charge in [0.05, 0.1) is 18.4 Å². The van der Waals surface area contributed by atoms with Gasteiger partial charge < -0.3 is 4.74 Å². The van der Waals surface area contributed by atoms with Crippen LogP contribution in [0.15, 0.2) is 12.2 Å². The Morgan fingerprint density at radius 2 is 2.25 bits per heavy atom. The molecular weight excluding hydrogens is 258 g/mol. The van der Waals surface area contributed by atoms with Crippen molar-refractivity contribution in [3.8, 4) is 0 Å². The van der Waals surface area contributed by atoms with E-state index in [9.17, 15) is 14.9 Å². The van der Waals surface area contributed by atoms with Gasteiger partial charge >= 0.3 is 5.97 Å². The second-order valence-electron chi connectivity index (χ2n) is 6.53. The summed E-state index contributed by atoms with van der Waals surface area (Å²) in [5, 5.41) is 11.1. The van der Waals surface area contributed by atoms with Crippen molar-refractivity contribution in [2.24, 2.45) is 29.1 Å². The average molecular weight is 279 g/mol. The van der Waals surface area contributed by atoms with Crippen LogP contribution in [-0.4, -0.2) is 24.0 Å². The Bertz CT molecular complexity index is 466. The molecule has 2 bridgehead atoms. The summed E-state index contributed by atoms with van der Waals surface area (Å²) in [7, 11) is 0. The minimum absolute atomic E-state index is 0.0996. The lowest BCUT2D eigenvalue weighted by molar-refractivity contribution is -0.511. The van der Waals surface area contributed by atoms with Gasteiger partial charge in [-0.15, -0.1) is 0 Å². The molecule has 0 aromatic carbocycles. The van der Waals surface area contributed by atoms with Crippen LogP contribution in [0.3, 0.4) is 0 Å². The largest absolute Gasteiger partial charge is 0.466 e. The van der Waals surface area contributed by atoms with E-state index in [-0.39, 0.29) is 35.7 Å². The highest BCUT2D eigenvalue weighted by Gasteiger charge is 2.70. The van der Waals surface area contributed by atoms with Crippen LogP contribution < -0.4 is 0 Å². The fraction of sp³-hybridized carbons (Fsp3) is 0.800. The van der Waals surface area contributed by atoms with E-state index in [1.807, 2.05) is 0 Å². The Morgan fingerprint density at radius 3 is 2.90 bits per heavy atom. The minimum atomic E-state index is -0.478. The molecule has 3 rings (SSSR count). The third-order valence-electron chi connectivity index (χ3n) is 5.86. The van der Waals surface area contributed by atoms with Crippen molar-refractivity contribution in [1.29, 1.82) is 0 Å². The van der Waals surface area contributed by atoms with Gasteiger partial charge in [-0.1, -0.05) is 12.2 Å². The van der Waals surface area contributed by atoms with Gasteiger partial charge in [-0.3, -0.25) is 14.9 Å². The van der Waals surface area contributed by atoms with Gasteiger partial charge in [-0.2, -0.15) is 0 Å².